The number of aryl methyl sites for hydroxylation is 1. The van der Waals surface area contributed by atoms with Gasteiger partial charge in [0.15, 0.2) is 5.82 Å². The fourth-order valence-corrected chi connectivity index (χ4v) is 1.58. The van der Waals surface area contributed by atoms with Crippen molar-refractivity contribution in [3.05, 3.63) is 28.1 Å². The normalized spacial score (nSPS) is 10.6. The maximum Gasteiger partial charge on any atom is 0.221 e. The van der Waals surface area contributed by atoms with Crippen molar-refractivity contribution < 1.29 is 0 Å². The smallest absolute Gasteiger partial charge is 0.221 e. The second-order valence-corrected chi connectivity index (χ2v) is 3.96. The number of nitrogens with zero attached hydrogens (tertiary/aromatic N) is 4. The van der Waals surface area contributed by atoms with Crippen LogP contribution in [0.5, 0.6) is 0 Å². The second kappa shape index (κ2) is 3.62. The lowest BCUT2D eigenvalue weighted by Gasteiger charge is -2.02. The largest absolute Gasteiger partial charge is 0.368 e. The van der Waals surface area contributed by atoms with Gasteiger partial charge in [-0.1, -0.05) is 0 Å². The number of halogens is 1. The molecule has 0 aliphatic carbocycles. The van der Waals surface area contributed by atoms with E-state index in [0.29, 0.717) is 5.82 Å². The van der Waals surface area contributed by atoms with E-state index in [-0.39, 0.29) is 5.95 Å². The average Bonchev–Trinajstić information content (AvgIpc) is 2.46. The zero-order chi connectivity index (χ0) is 11.0. The number of hydrogen-bond donors (Lipinski definition) is 1. The molecule has 0 unspecified atom stereocenters. The van der Waals surface area contributed by atoms with E-state index in [4.69, 9.17) is 5.73 Å². The molecule has 2 rings (SSSR count). The van der Waals surface area contributed by atoms with E-state index in [1.54, 1.807) is 16.9 Å². The van der Waals surface area contributed by atoms with Crippen molar-refractivity contribution in [2.45, 2.75) is 13.8 Å². The lowest BCUT2D eigenvalue weighted by atomic mass is 10.4. The SMILES string of the molecule is Cc1nn(-c2ccnc(N)n2)c(C)c1Br. The number of nitrogen functional groups attached to an aromatic ring is 1. The first-order valence-electron chi connectivity index (χ1n) is 4.40. The van der Waals surface area contributed by atoms with Gasteiger partial charge < -0.3 is 5.73 Å². The van der Waals surface area contributed by atoms with Crippen LogP contribution in [0.4, 0.5) is 5.95 Å². The van der Waals surface area contributed by atoms with Crippen molar-refractivity contribution in [3.63, 3.8) is 0 Å². The third-order valence-electron chi connectivity index (χ3n) is 2.08. The molecule has 0 atom stereocenters. The Hall–Kier alpha value is -1.43. The first-order chi connectivity index (χ1) is 7.09. The summed E-state index contributed by atoms with van der Waals surface area (Å²) in [5.74, 6) is 0.921. The van der Waals surface area contributed by atoms with E-state index in [1.807, 2.05) is 13.8 Å². The van der Waals surface area contributed by atoms with E-state index >= 15 is 0 Å². The first kappa shape index (κ1) is 10.1. The van der Waals surface area contributed by atoms with Gasteiger partial charge in [-0.3, -0.25) is 0 Å². The summed E-state index contributed by atoms with van der Waals surface area (Å²) in [6.07, 6.45) is 1.61. The average molecular weight is 268 g/mol. The van der Waals surface area contributed by atoms with Crippen LogP contribution in [-0.4, -0.2) is 19.7 Å². The van der Waals surface area contributed by atoms with Gasteiger partial charge in [0.25, 0.3) is 0 Å². The minimum absolute atomic E-state index is 0.246. The molecule has 2 aromatic heterocycles. The summed E-state index contributed by atoms with van der Waals surface area (Å²) >= 11 is 3.46. The fraction of sp³-hybridized carbons (Fsp3) is 0.222. The van der Waals surface area contributed by atoms with Gasteiger partial charge >= 0.3 is 0 Å². The number of hydrogen-bond acceptors (Lipinski definition) is 4. The molecule has 0 fully saturated rings. The molecule has 0 aliphatic heterocycles. The first-order valence-corrected chi connectivity index (χ1v) is 5.19. The minimum atomic E-state index is 0.246. The second-order valence-electron chi connectivity index (χ2n) is 3.17. The van der Waals surface area contributed by atoms with Crippen LogP contribution in [0.1, 0.15) is 11.4 Å². The summed E-state index contributed by atoms with van der Waals surface area (Å²) in [5.41, 5.74) is 7.43. The van der Waals surface area contributed by atoms with Crippen molar-refractivity contribution in [1.29, 1.82) is 0 Å². The van der Waals surface area contributed by atoms with Crippen molar-refractivity contribution in [1.82, 2.24) is 19.7 Å². The monoisotopic (exact) mass is 267 g/mol. The summed E-state index contributed by atoms with van der Waals surface area (Å²) in [6, 6.07) is 1.77. The Bertz CT molecular complexity index is 505. The van der Waals surface area contributed by atoms with Crippen LogP contribution >= 0.6 is 15.9 Å². The molecular weight excluding hydrogens is 258 g/mol. The van der Waals surface area contributed by atoms with E-state index in [9.17, 15) is 0 Å². The summed E-state index contributed by atoms with van der Waals surface area (Å²) in [5, 5.41) is 4.35. The summed E-state index contributed by atoms with van der Waals surface area (Å²) in [6.45, 7) is 3.89. The van der Waals surface area contributed by atoms with Gasteiger partial charge in [-0.2, -0.15) is 10.1 Å². The quantitative estimate of drug-likeness (QED) is 0.853. The maximum absolute atomic E-state index is 5.52. The molecule has 2 N–H and O–H groups in total. The number of anilines is 1. The molecule has 15 heavy (non-hydrogen) atoms. The van der Waals surface area contributed by atoms with Crippen LogP contribution in [0.3, 0.4) is 0 Å². The molecule has 0 bridgehead atoms. The Morgan fingerprint density at radius 3 is 2.67 bits per heavy atom. The highest BCUT2D eigenvalue weighted by Crippen LogP contribution is 2.21. The highest BCUT2D eigenvalue weighted by molar-refractivity contribution is 9.10. The molecule has 0 radical (unpaired) electrons. The summed E-state index contributed by atoms with van der Waals surface area (Å²) < 4.78 is 2.72. The maximum atomic E-state index is 5.52. The van der Waals surface area contributed by atoms with Gasteiger partial charge in [-0.05, 0) is 29.8 Å². The Labute approximate surface area is 95.5 Å². The van der Waals surface area contributed by atoms with Crippen molar-refractivity contribution in [3.8, 4) is 5.82 Å². The molecule has 0 spiro atoms. The van der Waals surface area contributed by atoms with Gasteiger partial charge in [0.05, 0.1) is 15.9 Å². The zero-order valence-corrected chi connectivity index (χ0v) is 9.98. The van der Waals surface area contributed by atoms with Crippen molar-refractivity contribution in [2.24, 2.45) is 0 Å². The van der Waals surface area contributed by atoms with Crippen molar-refractivity contribution >= 4 is 21.9 Å². The number of rotatable bonds is 1. The molecule has 2 aromatic rings. The lowest BCUT2D eigenvalue weighted by Crippen LogP contribution is -2.04. The molecule has 6 heteroatoms. The van der Waals surface area contributed by atoms with Crippen LogP contribution in [0.25, 0.3) is 5.82 Å². The van der Waals surface area contributed by atoms with Gasteiger partial charge in [-0.15, -0.1) is 0 Å². The minimum Gasteiger partial charge on any atom is -0.368 e. The Balaban J connectivity index is 2.59. The molecule has 0 aromatic carbocycles. The molecule has 0 aliphatic rings. The number of nitrogens with two attached hydrogens (primary N) is 1. The van der Waals surface area contributed by atoms with E-state index in [1.165, 1.54) is 0 Å². The number of aromatic nitrogens is 4. The molecule has 0 saturated carbocycles. The van der Waals surface area contributed by atoms with Crippen molar-refractivity contribution in [2.75, 3.05) is 5.73 Å². The predicted octanol–water partition coefficient (Wildman–Crippen LogP) is 1.62. The third kappa shape index (κ3) is 1.72. The molecule has 2 heterocycles. The van der Waals surface area contributed by atoms with Crippen LogP contribution < -0.4 is 5.73 Å². The highest BCUT2D eigenvalue weighted by atomic mass is 79.9. The highest BCUT2D eigenvalue weighted by Gasteiger charge is 2.10. The predicted molar refractivity (Wildman–Crippen MR) is 60.7 cm³/mol. The molecule has 0 saturated heterocycles. The molecule has 78 valence electrons. The van der Waals surface area contributed by atoms with E-state index in [0.717, 1.165) is 15.9 Å². The lowest BCUT2D eigenvalue weighted by molar-refractivity contribution is 0.803. The summed E-state index contributed by atoms with van der Waals surface area (Å²) in [7, 11) is 0. The van der Waals surface area contributed by atoms with Crippen LogP contribution in [0.2, 0.25) is 0 Å². The molecule has 0 amide bonds. The molecular formula is C9H10BrN5. The van der Waals surface area contributed by atoms with Gasteiger partial charge in [0, 0.05) is 12.3 Å². The topological polar surface area (TPSA) is 69.6 Å². The standard InChI is InChI=1S/C9H10BrN5/c1-5-8(10)6(2)15(14-5)7-3-4-12-9(11)13-7/h3-4H,1-2H3,(H2,11,12,13). The Kier molecular flexibility index (Phi) is 2.44. The van der Waals surface area contributed by atoms with Crippen LogP contribution in [-0.2, 0) is 0 Å². The Morgan fingerprint density at radius 1 is 1.40 bits per heavy atom. The van der Waals surface area contributed by atoms with Gasteiger partial charge in [0.2, 0.25) is 5.95 Å². The van der Waals surface area contributed by atoms with Gasteiger partial charge in [0.1, 0.15) is 0 Å². The Morgan fingerprint density at radius 2 is 2.13 bits per heavy atom. The third-order valence-corrected chi connectivity index (χ3v) is 3.23. The molecule has 5 nitrogen and oxygen atoms in total. The van der Waals surface area contributed by atoms with Crippen LogP contribution in [0, 0.1) is 13.8 Å². The van der Waals surface area contributed by atoms with Crippen LogP contribution in [0.15, 0.2) is 16.7 Å². The summed E-state index contributed by atoms with van der Waals surface area (Å²) in [4.78, 5) is 7.94. The zero-order valence-electron chi connectivity index (χ0n) is 8.40. The fourth-order valence-electron chi connectivity index (χ4n) is 1.33. The van der Waals surface area contributed by atoms with E-state index in [2.05, 4.69) is 31.0 Å². The van der Waals surface area contributed by atoms with E-state index < -0.39 is 0 Å². The van der Waals surface area contributed by atoms with Gasteiger partial charge in [-0.25, -0.2) is 9.67 Å².